The van der Waals surface area contributed by atoms with Gasteiger partial charge in [0.1, 0.15) is 6.04 Å². The molecule has 0 saturated heterocycles. The molecule has 0 aliphatic carbocycles. The predicted molar refractivity (Wildman–Crippen MR) is 81.5 cm³/mol. The van der Waals surface area contributed by atoms with Gasteiger partial charge in [0.2, 0.25) is 17.8 Å². The molecule has 8 heteroatoms. The Labute approximate surface area is 125 Å². The lowest BCUT2D eigenvalue weighted by Crippen LogP contribution is -2.47. The molecule has 0 aliphatic heterocycles. The summed E-state index contributed by atoms with van der Waals surface area (Å²) in [6.45, 7) is 9.80. The van der Waals surface area contributed by atoms with Crippen molar-refractivity contribution in [2.45, 2.75) is 46.2 Å². The Hall–Kier alpha value is -2.12. The lowest BCUT2D eigenvalue weighted by molar-refractivity contribution is -0.122. The predicted octanol–water partition coefficient (Wildman–Crippen LogP) is 1.03. The second-order valence-corrected chi connectivity index (χ2v) is 5.55. The number of aromatic nitrogens is 3. The number of rotatable bonds is 6. The first-order valence-electron chi connectivity index (χ1n) is 6.90. The largest absolute Gasteiger partial charge is 0.464 e. The van der Waals surface area contributed by atoms with E-state index in [1.165, 1.54) is 0 Å². The molecule has 1 amide bonds. The number of carbonyl (C=O) groups is 1. The number of hydrogen-bond acceptors (Lipinski definition) is 7. The lowest BCUT2D eigenvalue weighted by atomic mass is 10.1. The molecule has 0 spiro atoms. The fourth-order valence-electron chi connectivity index (χ4n) is 1.46. The van der Waals surface area contributed by atoms with Gasteiger partial charge in [0.25, 0.3) is 0 Å². The molecule has 1 aromatic rings. The van der Waals surface area contributed by atoms with E-state index in [4.69, 9.17) is 4.74 Å². The number of nitrogens with zero attached hydrogens (tertiary/aromatic N) is 3. The van der Waals surface area contributed by atoms with Crippen LogP contribution in [0, 0.1) is 0 Å². The molecule has 1 atom stereocenters. The van der Waals surface area contributed by atoms with Crippen LogP contribution in [-0.2, 0) is 4.79 Å². The first-order chi connectivity index (χ1) is 9.75. The Bertz CT molecular complexity index is 486. The third-order valence-electron chi connectivity index (χ3n) is 2.35. The summed E-state index contributed by atoms with van der Waals surface area (Å²) in [4.78, 5) is 24.4. The maximum absolute atomic E-state index is 12.0. The summed E-state index contributed by atoms with van der Waals surface area (Å²) in [6.07, 6.45) is 0. The number of nitrogens with one attached hydrogen (secondary N) is 3. The van der Waals surface area contributed by atoms with E-state index in [-0.39, 0.29) is 23.4 Å². The van der Waals surface area contributed by atoms with Gasteiger partial charge in [-0.2, -0.15) is 15.0 Å². The number of ether oxygens (including phenoxy) is 1. The molecule has 1 unspecified atom stereocenters. The number of carbonyl (C=O) groups excluding carboxylic acids is 1. The van der Waals surface area contributed by atoms with E-state index in [0.29, 0.717) is 12.6 Å². The van der Waals surface area contributed by atoms with Gasteiger partial charge in [0.05, 0.1) is 6.61 Å². The minimum Gasteiger partial charge on any atom is -0.464 e. The Kier molecular flexibility index (Phi) is 5.69. The van der Waals surface area contributed by atoms with E-state index >= 15 is 0 Å². The van der Waals surface area contributed by atoms with Crippen LogP contribution in [0.3, 0.4) is 0 Å². The van der Waals surface area contributed by atoms with Crippen molar-refractivity contribution in [2.24, 2.45) is 0 Å². The summed E-state index contributed by atoms with van der Waals surface area (Å²) < 4.78 is 5.27. The summed E-state index contributed by atoms with van der Waals surface area (Å²) in [5, 5.41) is 8.66. The summed E-state index contributed by atoms with van der Waals surface area (Å²) in [5.74, 6) is 0.528. The van der Waals surface area contributed by atoms with Crippen LogP contribution < -0.4 is 20.7 Å². The highest BCUT2D eigenvalue weighted by Gasteiger charge is 2.20. The van der Waals surface area contributed by atoms with Gasteiger partial charge in [0, 0.05) is 12.6 Å². The van der Waals surface area contributed by atoms with Crippen molar-refractivity contribution in [3.8, 4) is 6.01 Å². The molecule has 0 aliphatic rings. The van der Waals surface area contributed by atoms with Gasteiger partial charge in [-0.1, -0.05) is 0 Å². The molecule has 1 heterocycles. The van der Waals surface area contributed by atoms with Crippen LogP contribution in [0.4, 0.5) is 11.9 Å². The second kappa shape index (κ2) is 7.05. The van der Waals surface area contributed by atoms with E-state index in [0.717, 1.165) is 0 Å². The van der Waals surface area contributed by atoms with Crippen molar-refractivity contribution in [3.05, 3.63) is 0 Å². The number of anilines is 2. The molecule has 0 saturated carbocycles. The number of amides is 1. The zero-order valence-corrected chi connectivity index (χ0v) is 13.4. The van der Waals surface area contributed by atoms with E-state index in [2.05, 4.69) is 30.9 Å². The highest BCUT2D eigenvalue weighted by atomic mass is 16.5. The molecule has 118 valence electrons. The molecule has 1 rings (SSSR count). The molecule has 0 radical (unpaired) electrons. The van der Waals surface area contributed by atoms with Crippen molar-refractivity contribution in [3.63, 3.8) is 0 Å². The summed E-state index contributed by atoms with van der Waals surface area (Å²) >= 11 is 0. The molecule has 21 heavy (non-hydrogen) atoms. The monoisotopic (exact) mass is 296 g/mol. The second-order valence-electron chi connectivity index (χ2n) is 5.55. The smallest absolute Gasteiger partial charge is 0.323 e. The van der Waals surface area contributed by atoms with Crippen molar-refractivity contribution in [1.29, 1.82) is 0 Å². The van der Waals surface area contributed by atoms with E-state index < -0.39 is 6.04 Å². The average Bonchev–Trinajstić information content (AvgIpc) is 2.36. The standard InChI is InChI=1S/C13H24N6O2/c1-7-21-12-17-10(14-6)16-11(18-12)15-8(2)9(20)19-13(3,4)5/h8H,7H2,1-6H3,(H,19,20)(H2,14,15,16,17,18). The molecular weight excluding hydrogens is 272 g/mol. The van der Waals surface area contributed by atoms with Gasteiger partial charge in [-0.05, 0) is 34.6 Å². The van der Waals surface area contributed by atoms with E-state index in [1.807, 2.05) is 27.7 Å². The van der Waals surface area contributed by atoms with Crippen LogP contribution in [0.5, 0.6) is 6.01 Å². The zero-order chi connectivity index (χ0) is 16.0. The Balaban J connectivity index is 2.81. The fourth-order valence-corrected chi connectivity index (χ4v) is 1.46. The van der Waals surface area contributed by atoms with Crippen LogP contribution in [0.1, 0.15) is 34.6 Å². The van der Waals surface area contributed by atoms with Crippen molar-refractivity contribution in [1.82, 2.24) is 20.3 Å². The zero-order valence-electron chi connectivity index (χ0n) is 13.4. The first kappa shape index (κ1) is 16.9. The Morgan fingerprint density at radius 3 is 2.38 bits per heavy atom. The van der Waals surface area contributed by atoms with Gasteiger partial charge in [-0.15, -0.1) is 0 Å². The number of hydrogen-bond donors (Lipinski definition) is 3. The molecule has 0 bridgehead atoms. The van der Waals surface area contributed by atoms with Gasteiger partial charge in [0.15, 0.2) is 0 Å². The highest BCUT2D eigenvalue weighted by Crippen LogP contribution is 2.12. The summed E-state index contributed by atoms with van der Waals surface area (Å²) in [7, 11) is 1.70. The van der Waals surface area contributed by atoms with E-state index in [9.17, 15) is 4.79 Å². The Morgan fingerprint density at radius 1 is 1.24 bits per heavy atom. The maximum atomic E-state index is 12.0. The molecular formula is C13H24N6O2. The summed E-state index contributed by atoms with van der Waals surface area (Å²) in [5.41, 5.74) is -0.293. The van der Waals surface area contributed by atoms with Crippen molar-refractivity contribution < 1.29 is 9.53 Å². The van der Waals surface area contributed by atoms with E-state index in [1.54, 1.807) is 14.0 Å². The van der Waals surface area contributed by atoms with Crippen molar-refractivity contribution in [2.75, 3.05) is 24.3 Å². The minimum atomic E-state index is -0.481. The van der Waals surface area contributed by atoms with Crippen LogP contribution in [0.25, 0.3) is 0 Å². The maximum Gasteiger partial charge on any atom is 0.323 e. The molecule has 0 fully saturated rings. The lowest BCUT2D eigenvalue weighted by Gasteiger charge is -2.23. The third kappa shape index (κ3) is 5.80. The SMILES string of the molecule is CCOc1nc(NC)nc(NC(C)C(=O)NC(C)(C)C)n1. The molecule has 8 nitrogen and oxygen atoms in total. The van der Waals surface area contributed by atoms with Gasteiger partial charge in [-0.3, -0.25) is 4.79 Å². The van der Waals surface area contributed by atoms with Gasteiger partial charge >= 0.3 is 6.01 Å². The van der Waals surface area contributed by atoms with Gasteiger partial charge in [-0.25, -0.2) is 0 Å². The summed E-state index contributed by atoms with van der Waals surface area (Å²) in [6, 6.07) is -0.270. The van der Waals surface area contributed by atoms with Crippen LogP contribution in [0.2, 0.25) is 0 Å². The molecule has 0 aromatic carbocycles. The van der Waals surface area contributed by atoms with Crippen molar-refractivity contribution >= 4 is 17.8 Å². The van der Waals surface area contributed by atoms with Crippen LogP contribution >= 0.6 is 0 Å². The normalized spacial score (nSPS) is 12.5. The molecule has 1 aromatic heterocycles. The average molecular weight is 296 g/mol. The Morgan fingerprint density at radius 2 is 1.86 bits per heavy atom. The first-order valence-corrected chi connectivity index (χ1v) is 6.90. The molecule has 3 N–H and O–H groups in total. The van der Waals surface area contributed by atoms with Gasteiger partial charge < -0.3 is 20.7 Å². The fraction of sp³-hybridized carbons (Fsp3) is 0.692. The third-order valence-corrected chi connectivity index (χ3v) is 2.35. The quantitative estimate of drug-likeness (QED) is 0.720. The van der Waals surface area contributed by atoms with Crippen LogP contribution in [0.15, 0.2) is 0 Å². The van der Waals surface area contributed by atoms with Crippen LogP contribution in [-0.4, -0.2) is 46.1 Å². The highest BCUT2D eigenvalue weighted by molar-refractivity contribution is 5.84. The topological polar surface area (TPSA) is 101 Å². The minimum absolute atomic E-state index is 0.133.